The summed E-state index contributed by atoms with van der Waals surface area (Å²) in [6.45, 7) is 1.46. The minimum absolute atomic E-state index is 0.119. The Morgan fingerprint density at radius 1 is 1.53 bits per heavy atom. The molecule has 0 saturated carbocycles. The molecule has 1 aliphatic heterocycles. The predicted molar refractivity (Wildman–Crippen MR) is 76.4 cm³/mol. The fourth-order valence-corrected chi connectivity index (χ4v) is 2.52. The van der Waals surface area contributed by atoms with Crippen LogP contribution in [-0.4, -0.2) is 35.6 Å². The Balaban J connectivity index is 1.84. The number of nitrogens with zero attached hydrogens (tertiary/aromatic N) is 1. The van der Waals surface area contributed by atoms with E-state index in [2.05, 4.69) is 9.98 Å². The molecule has 5 heteroatoms. The SMILES string of the molecule is Oc1[nH]c2ccc(Cl)cc2c1C=NCC1CCCO1. The second kappa shape index (κ2) is 5.23. The fraction of sp³-hybridized carbons (Fsp3) is 0.357. The van der Waals surface area contributed by atoms with Crippen LogP contribution in [0, 0.1) is 0 Å². The summed E-state index contributed by atoms with van der Waals surface area (Å²) in [5.41, 5.74) is 1.52. The molecule has 1 aliphatic rings. The standard InChI is InChI=1S/C14H15ClN2O2/c15-9-3-4-13-11(6-9)12(14(18)17-13)8-16-7-10-2-1-5-19-10/h3-4,6,8,10,17-18H,1-2,5,7H2. The lowest BCUT2D eigenvalue weighted by molar-refractivity contribution is 0.118. The molecule has 2 heterocycles. The van der Waals surface area contributed by atoms with Crippen molar-refractivity contribution < 1.29 is 9.84 Å². The summed E-state index contributed by atoms with van der Waals surface area (Å²) in [5, 5.41) is 11.4. The molecule has 0 radical (unpaired) electrons. The Hall–Kier alpha value is -1.52. The summed E-state index contributed by atoms with van der Waals surface area (Å²) in [5.74, 6) is 0.119. The number of fused-ring (bicyclic) bond motifs is 1. The molecule has 100 valence electrons. The number of hydrogen-bond acceptors (Lipinski definition) is 3. The molecule has 1 unspecified atom stereocenters. The van der Waals surface area contributed by atoms with Crippen LogP contribution in [0.25, 0.3) is 10.9 Å². The van der Waals surface area contributed by atoms with Gasteiger partial charge in [-0.25, -0.2) is 0 Å². The highest BCUT2D eigenvalue weighted by Crippen LogP contribution is 2.28. The van der Waals surface area contributed by atoms with Crippen LogP contribution in [0.15, 0.2) is 23.2 Å². The van der Waals surface area contributed by atoms with Crippen molar-refractivity contribution >= 4 is 28.7 Å². The molecule has 4 nitrogen and oxygen atoms in total. The van der Waals surface area contributed by atoms with Crippen molar-refractivity contribution in [3.8, 4) is 5.88 Å². The number of aliphatic imine (C=N–C) groups is 1. The normalized spacial score (nSPS) is 19.7. The Labute approximate surface area is 116 Å². The fourth-order valence-electron chi connectivity index (χ4n) is 2.35. The van der Waals surface area contributed by atoms with E-state index in [0.717, 1.165) is 30.4 Å². The Morgan fingerprint density at radius 3 is 3.21 bits per heavy atom. The number of ether oxygens (including phenoxy) is 1. The molecule has 19 heavy (non-hydrogen) atoms. The number of nitrogens with one attached hydrogen (secondary N) is 1. The highest BCUT2D eigenvalue weighted by molar-refractivity contribution is 6.31. The number of H-pyrrole nitrogens is 1. The quantitative estimate of drug-likeness (QED) is 0.848. The van der Waals surface area contributed by atoms with E-state index in [-0.39, 0.29) is 12.0 Å². The molecule has 3 rings (SSSR count). The van der Waals surface area contributed by atoms with Crippen LogP contribution >= 0.6 is 11.6 Å². The van der Waals surface area contributed by atoms with Crippen molar-refractivity contribution in [3.63, 3.8) is 0 Å². The van der Waals surface area contributed by atoms with Gasteiger partial charge in [0.25, 0.3) is 0 Å². The summed E-state index contributed by atoms with van der Waals surface area (Å²) in [6.07, 6.45) is 4.07. The van der Waals surface area contributed by atoms with Crippen molar-refractivity contribution in [1.82, 2.24) is 4.98 Å². The molecule has 2 aromatic rings. The molecule has 1 aromatic heterocycles. The van der Waals surface area contributed by atoms with E-state index < -0.39 is 0 Å². The second-order valence-electron chi connectivity index (χ2n) is 4.71. The lowest BCUT2D eigenvalue weighted by Gasteiger charge is -2.03. The number of halogens is 1. The average molecular weight is 279 g/mol. The number of benzene rings is 1. The summed E-state index contributed by atoms with van der Waals surface area (Å²) >= 11 is 5.98. The summed E-state index contributed by atoms with van der Waals surface area (Å²) in [4.78, 5) is 7.27. The number of aromatic amines is 1. The monoisotopic (exact) mass is 278 g/mol. The Morgan fingerprint density at radius 2 is 2.42 bits per heavy atom. The summed E-state index contributed by atoms with van der Waals surface area (Å²) in [7, 11) is 0. The van der Waals surface area contributed by atoms with Crippen LogP contribution in [0.4, 0.5) is 0 Å². The lowest BCUT2D eigenvalue weighted by Crippen LogP contribution is -2.08. The maximum Gasteiger partial charge on any atom is 0.198 e. The van der Waals surface area contributed by atoms with Gasteiger partial charge in [-0.2, -0.15) is 0 Å². The van der Waals surface area contributed by atoms with Gasteiger partial charge in [-0.15, -0.1) is 0 Å². The van der Waals surface area contributed by atoms with Crippen molar-refractivity contribution in [3.05, 3.63) is 28.8 Å². The van der Waals surface area contributed by atoms with Gasteiger partial charge in [-0.3, -0.25) is 4.99 Å². The topological polar surface area (TPSA) is 57.6 Å². The maximum absolute atomic E-state index is 9.90. The molecule has 0 aliphatic carbocycles. The van der Waals surface area contributed by atoms with E-state index in [1.165, 1.54) is 0 Å². The zero-order valence-corrected chi connectivity index (χ0v) is 11.2. The van der Waals surface area contributed by atoms with Crippen LogP contribution in [0.5, 0.6) is 5.88 Å². The molecule has 0 amide bonds. The van der Waals surface area contributed by atoms with E-state index in [1.807, 2.05) is 12.1 Å². The van der Waals surface area contributed by atoms with Crippen LogP contribution in [-0.2, 0) is 4.74 Å². The summed E-state index contributed by atoms with van der Waals surface area (Å²) in [6, 6.07) is 5.45. The maximum atomic E-state index is 9.90. The predicted octanol–water partition coefficient (Wildman–Crippen LogP) is 3.12. The molecule has 1 atom stereocenters. The van der Waals surface area contributed by atoms with Gasteiger partial charge < -0.3 is 14.8 Å². The van der Waals surface area contributed by atoms with Crippen LogP contribution < -0.4 is 0 Å². The summed E-state index contributed by atoms with van der Waals surface area (Å²) < 4.78 is 5.50. The highest BCUT2D eigenvalue weighted by atomic mass is 35.5. The van der Waals surface area contributed by atoms with Gasteiger partial charge >= 0.3 is 0 Å². The van der Waals surface area contributed by atoms with Gasteiger partial charge in [0.1, 0.15) is 0 Å². The molecule has 1 aromatic carbocycles. The number of rotatable bonds is 3. The van der Waals surface area contributed by atoms with Gasteiger partial charge in [-0.05, 0) is 31.0 Å². The molecule has 0 bridgehead atoms. The van der Waals surface area contributed by atoms with E-state index in [9.17, 15) is 5.11 Å². The third-order valence-electron chi connectivity index (χ3n) is 3.33. The third kappa shape index (κ3) is 2.60. The number of aromatic hydroxyl groups is 1. The van der Waals surface area contributed by atoms with Crippen molar-refractivity contribution in [2.45, 2.75) is 18.9 Å². The molecular weight excluding hydrogens is 264 g/mol. The van der Waals surface area contributed by atoms with E-state index in [4.69, 9.17) is 16.3 Å². The second-order valence-corrected chi connectivity index (χ2v) is 5.14. The first-order valence-corrected chi connectivity index (χ1v) is 6.73. The van der Waals surface area contributed by atoms with Crippen molar-refractivity contribution in [2.24, 2.45) is 4.99 Å². The van der Waals surface area contributed by atoms with Crippen LogP contribution in [0.1, 0.15) is 18.4 Å². The first-order chi connectivity index (χ1) is 9.24. The molecule has 2 N–H and O–H groups in total. The van der Waals surface area contributed by atoms with Gasteiger partial charge in [0, 0.05) is 28.7 Å². The largest absolute Gasteiger partial charge is 0.494 e. The molecule has 1 fully saturated rings. The van der Waals surface area contributed by atoms with E-state index in [1.54, 1.807) is 12.3 Å². The molecule has 0 spiro atoms. The lowest BCUT2D eigenvalue weighted by atomic mass is 10.2. The van der Waals surface area contributed by atoms with Crippen LogP contribution in [0.3, 0.4) is 0 Å². The zero-order valence-electron chi connectivity index (χ0n) is 10.4. The van der Waals surface area contributed by atoms with Gasteiger partial charge in [0.2, 0.25) is 0 Å². The average Bonchev–Trinajstić information content (AvgIpc) is 2.99. The van der Waals surface area contributed by atoms with Gasteiger partial charge in [-0.1, -0.05) is 11.6 Å². The Kier molecular flexibility index (Phi) is 3.44. The zero-order chi connectivity index (χ0) is 13.2. The van der Waals surface area contributed by atoms with Crippen LogP contribution in [0.2, 0.25) is 5.02 Å². The molecular formula is C14H15ClN2O2. The Bertz CT molecular complexity index is 615. The minimum atomic E-state index is 0.119. The van der Waals surface area contributed by atoms with E-state index in [0.29, 0.717) is 17.1 Å². The first-order valence-electron chi connectivity index (χ1n) is 6.35. The smallest absolute Gasteiger partial charge is 0.198 e. The van der Waals surface area contributed by atoms with Crippen molar-refractivity contribution in [2.75, 3.05) is 13.2 Å². The molecule has 1 saturated heterocycles. The van der Waals surface area contributed by atoms with Gasteiger partial charge in [0.15, 0.2) is 5.88 Å². The first kappa shape index (κ1) is 12.5. The third-order valence-corrected chi connectivity index (χ3v) is 3.57. The minimum Gasteiger partial charge on any atom is -0.494 e. The van der Waals surface area contributed by atoms with Crippen molar-refractivity contribution in [1.29, 1.82) is 0 Å². The highest BCUT2D eigenvalue weighted by Gasteiger charge is 2.14. The number of aromatic nitrogens is 1. The number of hydrogen-bond donors (Lipinski definition) is 2. The van der Waals surface area contributed by atoms with E-state index >= 15 is 0 Å². The van der Waals surface area contributed by atoms with Gasteiger partial charge in [0.05, 0.1) is 18.2 Å².